The van der Waals surface area contributed by atoms with Crippen molar-refractivity contribution in [2.45, 2.75) is 84.8 Å². The van der Waals surface area contributed by atoms with Crippen LogP contribution in [0.15, 0.2) is 72.8 Å². The molecule has 0 bridgehead atoms. The van der Waals surface area contributed by atoms with Crippen LogP contribution in [0.25, 0.3) is 0 Å². The summed E-state index contributed by atoms with van der Waals surface area (Å²) in [6, 6.07) is 23.8. The first-order chi connectivity index (χ1) is 17.0. The number of hydrogen-bond donors (Lipinski definition) is 3. The second-order valence-corrected chi connectivity index (χ2v) is 12.7. The van der Waals surface area contributed by atoms with E-state index in [1.165, 1.54) is 15.2 Å². The Hall–Kier alpha value is -3.06. The molecule has 3 aromatic rings. The van der Waals surface area contributed by atoms with E-state index < -0.39 is 16.6 Å². The van der Waals surface area contributed by atoms with E-state index in [9.17, 15) is 15.6 Å². The maximum absolute atomic E-state index is 10.6. The molecule has 0 fully saturated rings. The Labute approximate surface area is 222 Å². The molecular weight excluding hydrogens is 462 g/mol. The summed E-state index contributed by atoms with van der Waals surface area (Å²) in [5, 5.41) is 35.6. The highest BCUT2D eigenvalue weighted by atomic mass is 16.5. The van der Waals surface area contributed by atoms with Crippen molar-refractivity contribution in [2.24, 2.45) is 0 Å². The van der Waals surface area contributed by atoms with E-state index in [2.05, 4.69) is 0 Å². The van der Waals surface area contributed by atoms with Gasteiger partial charge >= 0.3 is 0 Å². The highest BCUT2D eigenvalue weighted by molar-refractivity contribution is 5.55. The van der Waals surface area contributed by atoms with Crippen molar-refractivity contribution in [3.05, 3.63) is 89.5 Å². The Morgan fingerprint density at radius 1 is 0.405 bits per heavy atom. The summed E-state index contributed by atoms with van der Waals surface area (Å²) in [4.78, 5) is 0. The number of anilines is 3. The van der Waals surface area contributed by atoms with Crippen LogP contribution in [0.3, 0.4) is 0 Å². The lowest BCUT2D eigenvalue weighted by Gasteiger charge is -2.32. The highest BCUT2D eigenvalue weighted by Crippen LogP contribution is 2.36. The Morgan fingerprint density at radius 2 is 0.595 bits per heavy atom. The van der Waals surface area contributed by atoms with Crippen LogP contribution in [0.4, 0.5) is 17.1 Å². The fourth-order valence-electron chi connectivity index (χ4n) is 4.16. The van der Waals surface area contributed by atoms with Gasteiger partial charge in [-0.2, -0.15) is 0 Å². The summed E-state index contributed by atoms with van der Waals surface area (Å²) in [5.41, 5.74) is 4.13. The number of rotatable bonds is 6. The molecule has 0 radical (unpaired) electrons. The van der Waals surface area contributed by atoms with Crippen LogP contribution < -0.4 is 15.2 Å². The van der Waals surface area contributed by atoms with E-state index in [-0.39, 0.29) is 5.92 Å². The SMILES string of the molecule is CC(C)(C)N(O)c1ccc(C(c2ccc(N(O)C(C)(C)C)cc2)c2ccc(N(O)C(C)(C)C)cc2)cc1. The maximum Gasteiger partial charge on any atom is 0.0640 e. The predicted octanol–water partition coefficient (Wildman–Crippen LogP) is 7.85. The van der Waals surface area contributed by atoms with Crippen LogP contribution in [0.5, 0.6) is 0 Å². The normalized spacial score (nSPS) is 12.6. The minimum absolute atomic E-state index is 0.0810. The van der Waals surface area contributed by atoms with Crippen LogP contribution in [0.1, 0.15) is 84.9 Å². The maximum atomic E-state index is 10.6. The third-order valence-electron chi connectivity index (χ3n) is 6.32. The molecule has 3 N–H and O–H groups in total. The molecule has 0 heterocycles. The van der Waals surface area contributed by atoms with Crippen LogP contribution in [0, 0.1) is 0 Å². The zero-order valence-electron chi connectivity index (χ0n) is 23.7. The lowest BCUT2D eigenvalue weighted by atomic mass is 9.84. The zero-order chi connectivity index (χ0) is 27.8. The van der Waals surface area contributed by atoms with Crippen molar-refractivity contribution < 1.29 is 15.6 Å². The second-order valence-electron chi connectivity index (χ2n) is 12.7. The molecule has 0 saturated carbocycles. The molecule has 0 aliphatic carbocycles. The monoisotopic (exact) mass is 505 g/mol. The molecule has 37 heavy (non-hydrogen) atoms. The van der Waals surface area contributed by atoms with Crippen LogP contribution in [-0.4, -0.2) is 32.2 Å². The molecule has 6 heteroatoms. The molecule has 0 aliphatic rings. The van der Waals surface area contributed by atoms with Gasteiger partial charge in [0, 0.05) is 5.92 Å². The van der Waals surface area contributed by atoms with E-state index in [4.69, 9.17) is 0 Å². The van der Waals surface area contributed by atoms with E-state index in [1.54, 1.807) is 0 Å². The van der Waals surface area contributed by atoms with Gasteiger partial charge in [-0.15, -0.1) is 0 Å². The van der Waals surface area contributed by atoms with Crippen molar-refractivity contribution in [1.29, 1.82) is 0 Å². The number of hydrogen-bond acceptors (Lipinski definition) is 6. The Balaban J connectivity index is 2.04. The predicted molar refractivity (Wildman–Crippen MR) is 152 cm³/mol. The van der Waals surface area contributed by atoms with Gasteiger partial charge in [0.15, 0.2) is 0 Å². The largest absolute Gasteiger partial charge is 0.288 e. The quantitative estimate of drug-likeness (QED) is 0.234. The van der Waals surface area contributed by atoms with E-state index in [0.29, 0.717) is 0 Å². The number of nitrogens with zero attached hydrogens (tertiary/aromatic N) is 3. The Morgan fingerprint density at radius 3 is 0.757 bits per heavy atom. The highest BCUT2D eigenvalue weighted by Gasteiger charge is 2.24. The van der Waals surface area contributed by atoms with Gasteiger partial charge in [0.25, 0.3) is 0 Å². The lowest BCUT2D eigenvalue weighted by molar-refractivity contribution is 0.181. The van der Waals surface area contributed by atoms with Gasteiger partial charge in [-0.1, -0.05) is 36.4 Å². The molecule has 0 saturated heterocycles. The van der Waals surface area contributed by atoms with E-state index in [0.717, 1.165) is 33.8 Å². The summed E-state index contributed by atoms with van der Waals surface area (Å²) < 4.78 is 0. The topological polar surface area (TPSA) is 70.4 Å². The van der Waals surface area contributed by atoms with Crippen molar-refractivity contribution in [1.82, 2.24) is 0 Å². The smallest absolute Gasteiger partial charge is 0.0640 e. The lowest BCUT2D eigenvalue weighted by Crippen LogP contribution is -2.38. The summed E-state index contributed by atoms with van der Waals surface area (Å²) in [6.07, 6.45) is 0. The summed E-state index contributed by atoms with van der Waals surface area (Å²) in [5.74, 6) is -0.0810. The zero-order valence-corrected chi connectivity index (χ0v) is 23.7. The van der Waals surface area contributed by atoms with Gasteiger partial charge in [0.05, 0.1) is 33.7 Å². The first kappa shape index (κ1) is 28.5. The van der Waals surface area contributed by atoms with Crippen molar-refractivity contribution in [3.63, 3.8) is 0 Å². The van der Waals surface area contributed by atoms with Gasteiger partial charge in [-0.25, -0.2) is 0 Å². The molecule has 0 amide bonds. The fourth-order valence-corrected chi connectivity index (χ4v) is 4.16. The van der Waals surface area contributed by atoms with Gasteiger partial charge in [-0.3, -0.25) is 30.8 Å². The molecule has 6 nitrogen and oxygen atoms in total. The standard InChI is InChI=1S/C31H43N3O3/c1-29(2,3)32(35)25-16-10-22(11-17-25)28(23-12-18-26(19-13-23)33(36)30(4,5)6)24-14-20-27(21-15-24)34(37)31(7,8)9/h10-21,28,35-37H,1-9H3. The van der Waals surface area contributed by atoms with Crippen LogP contribution >= 0.6 is 0 Å². The average molecular weight is 506 g/mol. The number of hydroxylamine groups is 3. The van der Waals surface area contributed by atoms with Gasteiger partial charge in [-0.05, 0) is 115 Å². The van der Waals surface area contributed by atoms with Crippen LogP contribution in [0.2, 0.25) is 0 Å². The summed E-state index contributed by atoms with van der Waals surface area (Å²) in [7, 11) is 0. The first-order valence-electron chi connectivity index (χ1n) is 12.8. The summed E-state index contributed by atoms with van der Waals surface area (Å²) in [6.45, 7) is 17.6. The first-order valence-corrected chi connectivity index (χ1v) is 12.8. The van der Waals surface area contributed by atoms with Gasteiger partial charge in [0.2, 0.25) is 0 Å². The number of benzene rings is 3. The molecule has 0 spiro atoms. The molecule has 200 valence electrons. The van der Waals surface area contributed by atoms with E-state index >= 15 is 0 Å². The molecular formula is C31H43N3O3. The second kappa shape index (κ2) is 10.4. The molecule has 0 aliphatic heterocycles. The minimum atomic E-state index is -0.418. The van der Waals surface area contributed by atoms with Gasteiger partial charge < -0.3 is 0 Å². The van der Waals surface area contributed by atoms with Crippen LogP contribution in [-0.2, 0) is 0 Å². The molecule has 0 atom stereocenters. The van der Waals surface area contributed by atoms with Crippen molar-refractivity contribution in [3.8, 4) is 0 Å². The van der Waals surface area contributed by atoms with Crippen molar-refractivity contribution in [2.75, 3.05) is 15.2 Å². The van der Waals surface area contributed by atoms with E-state index in [1.807, 2.05) is 135 Å². The molecule has 3 aromatic carbocycles. The Kier molecular flexibility index (Phi) is 7.99. The van der Waals surface area contributed by atoms with Gasteiger partial charge in [0.1, 0.15) is 0 Å². The Bertz CT molecular complexity index is 1000. The minimum Gasteiger partial charge on any atom is -0.288 e. The third kappa shape index (κ3) is 6.63. The molecule has 0 aromatic heterocycles. The molecule has 0 unspecified atom stereocenters. The van der Waals surface area contributed by atoms with Crippen molar-refractivity contribution >= 4 is 17.1 Å². The average Bonchev–Trinajstić information content (AvgIpc) is 2.82. The summed E-state index contributed by atoms with van der Waals surface area (Å²) >= 11 is 0. The third-order valence-corrected chi connectivity index (χ3v) is 6.32. The molecule has 3 rings (SSSR count). The fraction of sp³-hybridized carbons (Fsp3) is 0.419.